The van der Waals surface area contributed by atoms with Gasteiger partial charge in [0, 0.05) is 22.1 Å². The van der Waals surface area contributed by atoms with Crippen LogP contribution >= 0.6 is 0 Å². The summed E-state index contributed by atoms with van der Waals surface area (Å²) in [5.74, 6) is 1.81. The summed E-state index contributed by atoms with van der Waals surface area (Å²) < 4.78 is 0. The predicted molar refractivity (Wildman–Crippen MR) is 252 cm³/mol. The molecule has 0 radical (unpaired) electrons. The monoisotopic (exact) mass is 767 g/mol. The molecule has 0 aliphatic heterocycles. The van der Waals surface area contributed by atoms with E-state index in [1.165, 1.54) is 44.3 Å². The van der Waals surface area contributed by atoms with Gasteiger partial charge in [-0.1, -0.05) is 196 Å². The second-order valence-electron chi connectivity index (χ2n) is 16.4. The molecule has 0 spiro atoms. The Kier molecular flexibility index (Phi) is 8.38. The van der Waals surface area contributed by atoms with Gasteiger partial charge in [0.2, 0.25) is 0 Å². The topological polar surface area (TPSA) is 38.7 Å². The Morgan fingerprint density at radius 1 is 0.483 bits per heavy atom. The molecule has 0 N–H and O–H groups in total. The standard InChI is InChI=1S/C57H41N3/c1-36-18-5-4-6-19-37-20-7-8-21-38(37)34-49(36)55-58-54(59-56(60-55)50-35-39-22-9-10-23-40(39)41-24-11-12-25-45(41)50)47-31-16-27-42-43(28-15-29-44(42)47)46-30-17-33-52-53(46)48-26-13-14-32-51(48)57(52,2)3/h4-18,20-35H,1,19H2,2-3H3/b6-4-,18-5-,49-34?. The van der Waals surface area contributed by atoms with Gasteiger partial charge in [0.25, 0.3) is 0 Å². The first-order chi connectivity index (χ1) is 29.4. The molecule has 0 unspecified atom stereocenters. The van der Waals surface area contributed by atoms with Crippen LogP contribution in [-0.2, 0) is 11.8 Å². The smallest absolute Gasteiger partial charge is 0.164 e. The van der Waals surface area contributed by atoms with Gasteiger partial charge in [-0.05, 0) is 101 Å². The lowest BCUT2D eigenvalue weighted by Crippen LogP contribution is -2.14. The first-order valence-electron chi connectivity index (χ1n) is 20.7. The van der Waals surface area contributed by atoms with E-state index in [0.29, 0.717) is 17.5 Å². The predicted octanol–water partition coefficient (Wildman–Crippen LogP) is 14.4. The zero-order chi connectivity index (χ0) is 40.4. The maximum atomic E-state index is 5.42. The molecule has 3 heteroatoms. The zero-order valence-corrected chi connectivity index (χ0v) is 33.7. The van der Waals surface area contributed by atoms with E-state index in [1.54, 1.807) is 0 Å². The van der Waals surface area contributed by atoms with Gasteiger partial charge in [-0.2, -0.15) is 0 Å². The number of nitrogens with zero attached hydrogens (tertiary/aromatic N) is 3. The zero-order valence-electron chi connectivity index (χ0n) is 33.7. The maximum absolute atomic E-state index is 5.42. The third kappa shape index (κ3) is 5.77. The van der Waals surface area contributed by atoms with Gasteiger partial charge < -0.3 is 0 Å². The van der Waals surface area contributed by atoms with Crippen molar-refractivity contribution in [1.29, 1.82) is 0 Å². The van der Waals surface area contributed by atoms with E-state index in [-0.39, 0.29) is 5.41 Å². The van der Waals surface area contributed by atoms with Crippen molar-refractivity contribution in [3.05, 3.63) is 222 Å². The summed E-state index contributed by atoms with van der Waals surface area (Å²) in [6, 6.07) is 56.7. The van der Waals surface area contributed by atoms with Gasteiger partial charge in [-0.15, -0.1) is 0 Å². The van der Waals surface area contributed by atoms with E-state index in [2.05, 4.69) is 202 Å². The summed E-state index contributed by atoms with van der Waals surface area (Å²) in [6.07, 6.45) is 11.4. The van der Waals surface area contributed by atoms with E-state index in [1.807, 2.05) is 6.08 Å². The molecule has 0 fully saturated rings. The highest BCUT2D eigenvalue weighted by atomic mass is 15.0. The molecule has 11 rings (SSSR count). The second-order valence-corrected chi connectivity index (χ2v) is 16.4. The van der Waals surface area contributed by atoms with Crippen molar-refractivity contribution in [3.8, 4) is 45.0 Å². The molecule has 0 amide bonds. The molecular formula is C57H41N3. The number of allylic oxidation sites excluding steroid dienone is 6. The van der Waals surface area contributed by atoms with Crippen LogP contribution in [0.4, 0.5) is 0 Å². The summed E-state index contributed by atoms with van der Waals surface area (Å²) >= 11 is 0. The highest BCUT2D eigenvalue weighted by Gasteiger charge is 2.36. The first kappa shape index (κ1) is 35.7. The van der Waals surface area contributed by atoms with Gasteiger partial charge in [-0.3, -0.25) is 0 Å². The first-order valence-corrected chi connectivity index (χ1v) is 20.7. The fraction of sp³-hybridized carbons (Fsp3) is 0.0702. The lowest BCUT2D eigenvalue weighted by Gasteiger charge is -2.21. The average molecular weight is 768 g/mol. The van der Waals surface area contributed by atoms with E-state index < -0.39 is 0 Å². The van der Waals surface area contributed by atoms with Crippen LogP contribution in [-0.4, -0.2) is 15.0 Å². The number of aromatic nitrogens is 3. The van der Waals surface area contributed by atoms with Gasteiger partial charge in [-0.25, -0.2) is 15.0 Å². The molecule has 2 aliphatic carbocycles. The summed E-state index contributed by atoms with van der Waals surface area (Å²) in [7, 11) is 0. The van der Waals surface area contributed by atoms with E-state index in [4.69, 9.17) is 15.0 Å². The molecule has 0 atom stereocenters. The largest absolute Gasteiger partial charge is 0.208 e. The van der Waals surface area contributed by atoms with Crippen LogP contribution in [0.5, 0.6) is 0 Å². The van der Waals surface area contributed by atoms with Crippen LogP contribution in [0.25, 0.3) is 89.0 Å². The second kappa shape index (κ2) is 14.1. The minimum absolute atomic E-state index is 0.0951. The van der Waals surface area contributed by atoms with Gasteiger partial charge >= 0.3 is 0 Å². The summed E-state index contributed by atoms with van der Waals surface area (Å²) in [6.45, 7) is 9.25. The molecule has 0 saturated carbocycles. The summed E-state index contributed by atoms with van der Waals surface area (Å²) in [5, 5.41) is 6.82. The molecule has 1 heterocycles. The van der Waals surface area contributed by atoms with Gasteiger partial charge in [0.15, 0.2) is 17.5 Å². The fourth-order valence-corrected chi connectivity index (χ4v) is 9.55. The minimum Gasteiger partial charge on any atom is -0.208 e. The number of fused-ring (bicyclic) bond motifs is 8. The van der Waals surface area contributed by atoms with Crippen LogP contribution in [0, 0.1) is 0 Å². The van der Waals surface area contributed by atoms with Crippen molar-refractivity contribution in [2.45, 2.75) is 25.7 Å². The highest BCUT2D eigenvalue weighted by Crippen LogP contribution is 2.52. The molecule has 60 heavy (non-hydrogen) atoms. The van der Waals surface area contributed by atoms with E-state index in [0.717, 1.165) is 61.2 Å². The third-order valence-corrected chi connectivity index (χ3v) is 12.5. The minimum atomic E-state index is -0.0951. The molecule has 9 aromatic rings. The number of rotatable bonds is 4. The van der Waals surface area contributed by atoms with Crippen LogP contribution in [0.3, 0.4) is 0 Å². The van der Waals surface area contributed by atoms with Crippen LogP contribution in [0.15, 0.2) is 194 Å². The number of benzene rings is 8. The quantitative estimate of drug-likeness (QED) is 0.167. The van der Waals surface area contributed by atoms with Crippen LogP contribution in [0.1, 0.15) is 41.9 Å². The molecule has 8 aromatic carbocycles. The lowest BCUT2D eigenvalue weighted by molar-refractivity contribution is 0.660. The van der Waals surface area contributed by atoms with Gasteiger partial charge in [0.05, 0.1) is 0 Å². The Labute approximate surface area is 350 Å². The summed E-state index contributed by atoms with van der Waals surface area (Å²) in [4.78, 5) is 16.2. The van der Waals surface area contributed by atoms with Crippen LogP contribution < -0.4 is 0 Å². The molecule has 284 valence electrons. The highest BCUT2D eigenvalue weighted by molar-refractivity contribution is 6.13. The third-order valence-electron chi connectivity index (χ3n) is 12.5. The molecular weight excluding hydrogens is 727 g/mol. The Morgan fingerprint density at radius 3 is 1.93 bits per heavy atom. The molecule has 3 nitrogen and oxygen atoms in total. The van der Waals surface area contributed by atoms with Crippen molar-refractivity contribution in [3.63, 3.8) is 0 Å². The Morgan fingerprint density at radius 2 is 1.07 bits per heavy atom. The Bertz CT molecular complexity index is 3340. The van der Waals surface area contributed by atoms with Crippen LogP contribution in [0.2, 0.25) is 0 Å². The van der Waals surface area contributed by atoms with Crippen molar-refractivity contribution in [1.82, 2.24) is 15.0 Å². The van der Waals surface area contributed by atoms with Crippen molar-refractivity contribution >= 4 is 44.0 Å². The molecule has 1 aromatic heterocycles. The van der Waals surface area contributed by atoms with E-state index in [9.17, 15) is 0 Å². The number of hydrogen-bond donors (Lipinski definition) is 0. The number of hydrogen-bond acceptors (Lipinski definition) is 3. The Balaban J connectivity index is 1.18. The van der Waals surface area contributed by atoms with E-state index >= 15 is 0 Å². The average Bonchev–Trinajstić information content (AvgIpc) is 3.53. The normalized spacial score (nSPS) is 15.3. The Hall–Kier alpha value is -7.49. The van der Waals surface area contributed by atoms with Gasteiger partial charge in [0.1, 0.15) is 0 Å². The fourth-order valence-electron chi connectivity index (χ4n) is 9.55. The van der Waals surface area contributed by atoms with Crippen molar-refractivity contribution in [2.75, 3.05) is 0 Å². The molecule has 2 aliphatic rings. The summed E-state index contributed by atoms with van der Waals surface area (Å²) in [5.41, 5.74) is 13.6. The molecule has 0 saturated heterocycles. The maximum Gasteiger partial charge on any atom is 0.164 e. The SMILES string of the molecule is C=C1/C=C\C=C/Cc2ccccc2C=C1c1nc(-c2cccc3c(-c4cccc5c4-c4ccccc4C5(C)C)cccc23)nc(-c2cc3ccccc3c3ccccc23)n1. The van der Waals surface area contributed by atoms with Crippen molar-refractivity contribution < 1.29 is 0 Å². The molecule has 0 bridgehead atoms. The van der Waals surface area contributed by atoms with Crippen molar-refractivity contribution in [2.24, 2.45) is 0 Å². The lowest BCUT2D eigenvalue weighted by atomic mass is 9.82.